The van der Waals surface area contributed by atoms with Crippen molar-refractivity contribution in [2.75, 3.05) is 44.1 Å². The van der Waals surface area contributed by atoms with E-state index in [2.05, 4.69) is 15.6 Å². The van der Waals surface area contributed by atoms with Crippen LogP contribution in [-0.4, -0.2) is 74.1 Å². The molecule has 5 rings (SSSR count). The molecule has 244 valence electrons. The number of rotatable bonds is 8. The first-order valence-electron chi connectivity index (χ1n) is 13.5. The summed E-state index contributed by atoms with van der Waals surface area (Å²) >= 11 is 1.23. The molecule has 4 aromatic rings. The van der Waals surface area contributed by atoms with E-state index in [0.717, 1.165) is 16.4 Å². The van der Waals surface area contributed by atoms with Gasteiger partial charge in [0.25, 0.3) is 11.8 Å². The van der Waals surface area contributed by atoms with Gasteiger partial charge in [-0.1, -0.05) is 0 Å². The Morgan fingerprint density at radius 2 is 1.85 bits per heavy atom. The number of thiazole rings is 1. The summed E-state index contributed by atoms with van der Waals surface area (Å²) in [7, 11) is -2.93. The molecule has 1 aliphatic rings. The maximum absolute atomic E-state index is 13.8. The molecular weight excluding hydrogens is 656 g/mol. The van der Waals surface area contributed by atoms with E-state index >= 15 is 0 Å². The molecule has 1 saturated heterocycles. The normalized spacial score (nSPS) is 15.9. The molecule has 46 heavy (non-hydrogen) atoms. The number of hydrogen-bond donors (Lipinski definition) is 3. The molecule has 17 heteroatoms. The second-order valence-corrected chi connectivity index (χ2v) is 13.2. The van der Waals surface area contributed by atoms with Gasteiger partial charge in [0.15, 0.2) is 0 Å². The van der Waals surface area contributed by atoms with Crippen molar-refractivity contribution >= 4 is 54.8 Å². The summed E-state index contributed by atoms with van der Waals surface area (Å²) in [6.45, 7) is 1.30. The van der Waals surface area contributed by atoms with Crippen molar-refractivity contribution in [3.05, 3.63) is 76.0 Å². The maximum atomic E-state index is 13.8. The number of nitrogens with zero attached hydrogens (tertiary/aromatic N) is 2. The Bertz CT molecular complexity index is 1930. The van der Waals surface area contributed by atoms with Gasteiger partial charge in [0.1, 0.15) is 11.6 Å². The average Bonchev–Trinajstić information content (AvgIpc) is 3.39. The molecule has 0 spiro atoms. The first-order valence-corrected chi connectivity index (χ1v) is 15.8. The Morgan fingerprint density at radius 1 is 1.11 bits per heavy atom. The van der Waals surface area contributed by atoms with E-state index in [0.29, 0.717) is 27.4 Å². The first kappa shape index (κ1) is 33.2. The first-order chi connectivity index (χ1) is 21.7. The van der Waals surface area contributed by atoms with Crippen LogP contribution in [0.15, 0.2) is 53.4 Å². The number of methoxy groups -OCH3 is 1. The third-order valence-electron chi connectivity index (χ3n) is 7.06. The molecule has 0 radical (unpaired) electrons. The molecule has 0 saturated carbocycles. The van der Waals surface area contributed by atoms with Crippen molar-refractivity contribution < 1.29 is 50.1 Å². The number of sulfonamides is 1. The molecule has 2 heterocycles. The number of aromatic nitrogens is 1. The number of carbonyl (C=O) groups excluding carboxylic acids is 2. The van der Waals surface area contributed by atoms with Crippen molar-refractivity contribution in [3.63, 3.8) is 0 Å². The van der Waals surface area contributed by atoms with Gasteiger partial charge < -0.3 is 25.2 Å². The number of anilines is 2. The number of carbonyl (C=O) groups is 2. The number of ether oxygens (including phenoxy) is 2. The summed E-state index contributed by atoms with van der Waals surface area (Å²) < 4.78 is 92.8. The summed E-state index contributed by atoms with van der Waals surface area (Å²) in [5, 5.41) is 15.2. The van der Waals surface area contributed by atoms with Crippen molar-refractivity contribution in [3.8, 4) is 5.75 Å². The lowest BCUT2D eigenvalue weighted by Crippen LogP contribution is -2.50. The number of fused-ring (bicyclic) bond motifs is 1. The number of morpholine rings is 1. The third-order valence-corrected chi connectivity index (χ3v) is 9.94. The van der Waals surface area contributed by atoms with Crippen LogP contribution in [0.4, 0.5) is 28.9 Å². The highest BCUT2D eigenvalue weighted by molar-refractivity contribution is 7.89. The molecule has 0 bridgehead atoms. The fourth-order valence-corrected chi connectivity index (χ4v) is 7.31. The minimum absolute atomic E-state index is 0.000268. The van der Waals surface area contributed by atoms with E-state index in [9.17, 15) is 40.7 Å². The van der Waals surface area contributed by atoms with Crippen LogP contribution in [0.25, 0.3) is 10.2 Å². The summed E-state index contributed by atoms with van der Waals surface area (Å²) in [4.78, 5) is 31.2. The molecule has 1 aliphatic heterocycles. The molecule has 3 N–H and O–H groups in total. The van der Waals surface area contributed by atoms with E-state index < -0.39 is 52.0 Å². The van der Waals surface area contributed by atoms with E-state index in [1.165, 1.54) is 42.7 Å². The smallest absolute Gasteiger partial charge is 0.419 e. The van der Waals surface area contributed by atoms with Crippen molar-refractivity contribution in [2.24, 2.45) is 0 Å². The highest BCUT2D eigenvalue weighted by Crippen LogP contribution is 2.34. The van der Waals surface area contributed by atoms with Crippen LogP contribution < -0.4 is 15.4 Å². The van der Waals surface area contributed by atoms with E-state index in [-0.39, 0.29) is 52.9 Å². The van der Waals surface area contributed by atoms with E-state index in [1.807, 2.05) is 0 Å². The van der Waals surface area contributed by atoms with Crippen LogP contribution in [0, 0.1) is 12.7 Å². The van der Waals surface area contributed by atoms with Gasteiger partial charge in [-0.25, -0.2) is 17.8 Å². The SMILES string of the molecule is COc1ccc(S(=O)(=O)N2CCOC[C@@H]2CO)cc1C(=O)Nc1cc2nc(C)sc2cc1C(=O)Nc1ccc(F)c(C(F)(F)F)c1. The zero-order chi connectivity index (χ0) is 33.4. The summed E-state index contributed by atoms with van der Waals surface area (Å²) in [6, 6.07) is 7.56. The van der Waals surface area contributed by atoms with Gasteiger partial charge in [0.05, 0.1) is 75.5 Å². The predicted molar refractivity (Wildman–Crippen MR) is 160 cm³/mol. The van der Waals surface area contributed by atoms with Crippen LogP contribution in [0.2, 0.25) is 0 Å². The second-order valence-electron chi connectivity index (χ2n) is 10.1. The van der Waals surface area contributed by atoms with Gasteiger partial charge in [0.2, 0.25) is 10.0 Å². The topological polar surface area (TPSA) is 147 Å². The standard InChI is InChI=1S/C29H26F4N4O7S2/c1-15-34-24-12-23(19(11-26(24)45-15)27(39)35-16-3-5-22(30)21(9-16)29(31,32)33)36-28(40)20-10-18(4-6-25(20)43-2)46(41,42)37-7-8-44-14-17(37)13-38/h3-6,9-12,17,38H,7-8,13-14H2,1-2H3,(H,35,39)(H,36,40)/t17-/m0/s1. The quantitative estimate of drug-likeness (QED) is 0.228. The fourth-order valence-electron chi connectivity index (χ4n) is 4.85. The highest BCUT2D eigenvalue weighted by Gasteiger charge is 2.36. The van der Waals surface area contributed by atoms with Gasteiger partial charge in [0, 0.05) is 12.2 Å². The Hall–Kier alpha value is -4.16. The molecule has 11 nitrogen and oxygen atoms in total. The lowest BCUT2D eigenvalue weighted by molar-refractivity contribution is -0.139. The number of aliphatic hydroxyl groups is 1. The van der Waals surface area contributed by atoms with Crippen molar-refractivity contribution in [2.45, 2.75) is 24.0 Å². The minimum atomic E-state index is -5.01. The zero-order valence-electron chi connectivity index (χ0n) is 24.1. The van der Waals surface area contributed by atoms with Crippen LogP contribution in [0.1, 0.15) is 31.3 Å². The third kappa shape index (κ3) is 6.68. The van der Waals surface area contributed by atoms with Crippen LogP contribution >= 0.6 is 11.3 Å². The lowest BCUT2D eigenvalue weighted by Gasteiger charge is -2.33. The summed E-state index contributed by atoms with van der Waals surface area (Å²) in [5.41, 5.74) is -1.99. The summed E-state index contributed by atoms with van der Waals surface area (Å²) in [5.74, 6) is -3.32. The Kier molecular flexibility index (Phi) is 9.33. The molecule has 0 unspecified atom stereocenters. The zero-order valence-corrected chi connectivity index (χ0v) is 25.8. The van der Waals surface area contributed by atoms with Gasteiger partial charge in [-0.05, 0) is 55.5 Å². The Labute approximate surface area is 263 Å². The molecule has 1 atom stereocenters. The number of hydrogen-bond acceptors (Lipinski definition) is 9. The van der Waals surface area contributed by atoms with Gasteiger partial charge in [-0.15, -0.1) is 11.3 Å². The monoisotopic (exact) mass is 682 g/mol. The highest BCUT2D eigenvalue weighted by atomic mass is 32.2. The van der Waals surface area contributed by atoms with Crippen molar-refractivity contribution in [1.29, 1.82) is 0 Å². The second kappa shape index (κ2) is 12.9. The predicted octanol–water partition coefficient (Wildman–Crippen LogP) is 4.66. The number of halogens is 4. The average molecular weight is 683 g/mol. The Morgan fingerprint density at radius 3 is 2.54 bits per heavy atom. The van der Waals surface area contributed by atoms with Crippen molar-refractivity contribution in [1.82, 2.24) is 9.29 Å². The van der Waals surface area contributed by atoms with Gasteiger partial charge in [-0.3, -0.25) is 9.59 Å². The Balaban J connectivity index is 1.51. The number of nitrogens with one attached hydrogen (secondary N) is 2. The molecular formula is C29H26F4N4O7S2. The molecule has 2 amide bonds. The van der Waals surface area contributed by atoms with Crippen LogP contribution in [0.3, 0.4) is 0 Å². The number of aliphatic hydroxyl groups excluding tert-OH is 1. The van der Waals surface area contributed by atoms with E-state index in [1.54, 1.807) is 6.92 Å². The van der Waals surface area contributed by atoms with Crippen LogP contribution in [-0.2, 0) is 20.9 Å². The number of benzene rings is 3. The lowest BCUT2D eigenvalue weighted by atomic mass is 10.1. The van der Waals surface area contributed by atoms with Gasteiger partial charge >= 0.3 is 6.18 Å². The van der Waals surface area contributed by atoms with E-state index in [4.69, 9.17) is 9.47 Å². The number of aryl methyl sites for hydroxylation is 1. The molecule has 1 fully saturated rings. The molecule has 1 aromatic heterocycles. The minimum Gasteiger partial charge on any atom is -0.496 e. The fraction of sp³-hybridized carbons (Fsp3) is 0.276. The van der Waals surface area contributed by atoms with Crippen LogP contribution in [0.5, 0.6) is 5.75 Å². The summed E-state index contributed by atoms with van der Waals surface area (Å²) in [6.07, 6.45) is -5.01. The molecule has 0 aliphatic carbocycles. The molecule has 3 aromatic carbocycles. The number of alkyl halides is 3. The maximum Gasteiger partial charge on any atom is 0.419 e. The van der Waals surface area contributed by atoms with Gasteiger partial charge in [-0.2, -0.15) is 17.5 Å². The number of amides is 2. The largest absolute Gasteiger partial charge is 0.496 e.